The number of amides is 1. The molecule has 1 fully saturated rings. The van der Waals surface area contributed by atoms with Crippen LogP contribution in [-0.4, -0.2) is 46.7 Å². The van der Waals surface area contributed by atoms with Gasteiger partial charge in [0.1, 0.15) is 18.1 Å². The number of nitrogens with one attached hydrogen (secondary N) is 1. The lowest BCUT2D eigenvalue weighted by molar-refractivity contribution is -0.119. The minimum Gasteiger partial charge on any atom is -0.494 e. The van der Waals surface area contributed by atoms with Crippen LogP contribution in [-0.2, 0) is 19.6 Å². The number of carbonyl (C=O) groups excluding carboxylic acids is 1. The summed E-state index contributed by atoms with van der Waals surface area (Å²) in [6.45, 7) is 2.87. The molecular weight excluding hydrogens is 447 g/mol. The van der Waals surface area contributed by atoms with Crippen molar-refractivity contribution in [1.29, 1.82) is 0 Å². The zero-order valence-electron chi connectivity index (χ0n) is 18.8. The average molecular weight is 479 g/mol. The maximum Gasteiger partial charge on any atom is 0.264 e. The van der Waals surface area contributed by atoms with Gasteiger partial charge in [-0.25, -0.2) is 12.8 Å². The Morgan fingerprint density at radius 2 is 1.76 bits per heavy atom. The van der Waals surface area contributed by atoms with Gasteiger partial charge in [0.15, 0.2) is 0 Å². The van der Waals surface area contributed by atoms with Crippen LogP contribution in [0.3, 0.4) is 0 Å². The van der Waals surface area contributed by atoms with Crippen LogP contribution in [0.4, 0.5) is 10.1 Å². The molecule has 0 atom stereocenters. The first-order chi connectivity index (χ1) is 15.9. The molecule has 180 valence electrons. The van der Waals surface area contributed by atoms with Crippen LogP contribution >= 0.6 is 0 Å². The smallest absolute Gasteiger partial charge is 0.264 e. The summed E-state index contributed by atoms with van der Waals surface area (Å²) in [5, 5.41) is 2.76. The van der Waals surface area contributed by atoms with Gasteiger partial charge >= 0.3 is 0 Å². The maximum atomic E-state index is 13.3. The van der Waals surface area contributed by atoms with E-state index in [1.54, 1.807) is 24.3 Å². The number of benzene rings is 2. The van der Waals surface area contributed by atoms with Crippen LogP contribution in [0.25, 0.3) is 0 Å². The number of anilines is 1. The Kier molecular flexibility index (Phi) is 9.08. The fraction of sp³-hybridized carbons (Fsp3) is 0.458. The highest BCUT2D eigenvalue weighted by Gasteiger charge is 2.27. The van der Waals surface area contributed by atoms with Crippen molar-refractivity contribution in [3.63, 3.8) is 0 Å². The zero-order valence-corrected chi connectivity index (χ0v) is 19.7. The Morgan fingerprint density at radius 3 is 2.39 bits per heavy atom. The minimum atomic E-state index is -4.10. The number of hydrogen-bond acceptors (Lipinski definition) is 5. The molecule has 0 bridgehead atoms. The largest absolute Gasteiger partial charge is 0.494 e. The molecule has 1 amide bonds. The fourth-order valence-electron chi connectivity index (χ4n) is 3.72. The van der Waals surface area contributed by atoms with Crippen molar-refractivity contribution in [2.75, 3.05) is 30.6 Å². The second-order valence-electron chi connectivity index (χ2n) is 7.87. The number of rotatable bonds is 12. The van der Waals surface area contributed by atoms with Crippen molar-refractivity contribution in [2.45, 2.75) is 50.0 Å². The van der Waals surface area contributed by atoms with Crippen molar-refractivity contribution in [3.05, 3.63) is 54.3 Å². The first-order valence-corrected chi connectivity index (χ1v) is 12.7. The van der Waals surface area contributed by atoms with Gasteiger partial charge in [0.05, 0.1) is 23.3 Å². The minimum absolute atomic E-state index is 0.101. The van der Waals surface area contributed by atoms with Gasteiger partial charge in [-0.05, 0) is 74.7 Å². The van der Waals surface area contributed by atoms with E-state index in [0.29, 0.717) is 43.7 Å². The number of nitrogens with zero attached hydrogens (tertiary/aromatic N) is 1. The SMILES string of the molecule is CCOc1ccc(N(CC(=O)NCCCOC2CCCC2)S(=O)(=O)c2ccc(F)cc2)cc1. The number of ether oxygens (including phenoxy) is 2. The van der Waals surface area contributed by atoms with E-state index in [1.807, 2.05) is 6.92 Å². The Hall–Kier alpha value is -2.65. The highest BCUT2D eigenvalue weighted by atomic mass is 32.2. The van der Waals surface area contributed by atoms with Gasteiger partial charge in [-0.2, -0.15) is 0 Å². The van der Waals surface area contributed by atoms with Crippen molar-refractivity contribution in [1.82, 2.24) is 5.32 Å². The Morgan fingerprint density at radius 1 is 1.09 bits per heavy atom. The van der Waals surface area contributed by atoms with Crippen molar-refractivity contribution < 1.29 is 27.1 Å². The number of halogens is 1. The molecule has 0 aromatic heterocycles. The molecule has 0 spiro atoms. The topological polar surface area (TPSA) is 84.9 Å². The van der Waals surface area contributed by atoms with Crippen molar-refractivity contribution in [3.8, 4) is 5.75 Å². The van der Waals surface area contributed by atoms with E-state index in [4.69, 9.17) is 9.47 Å². The quantitative estimate of drug-likeness (QED) is 0.468. The van der Waals surface area contributed by atoms with E-state index in [0.717, 1.165) is 29.3 Å². The highest BCUT2D eigenvalue weighted by Crippen LogP contribution is 2.26. The number of hydrogen-bond donors (Lipinski definition) is 1. The number of sulfonamides is 1. The third-order valence-corrected chi connectivity index (χ3v) is 7.21. The molecule has 9 heteroatoms. The first kappa shape index (κ1) is 25.0. The average Bonchev–Trinajstić information content (AvgIpc) is 3.32. The molecule has 1 aliphatic rings. The van der Waals surface area contributed by atoms with Gasteiger partial charge in [0.25, 0.3) is 10.0 Å². The van der Waals surface area contributed by atoms with E-state index >= 15 is 0 Å². The Balaban J connectivity index is 1.67. The molecule has 2 aromatic rings. The van der Waals surface area contributed by atoms with Gasteiger partial charge in [0, 0.05) is 13.2 Å². The summed E-state index contributed by atoms with van der Waals surface area (Å²) in [5.74, 6) is -0.387. The van der Waals surface area contributed by atoms with Gasteiger partial charge < -0.3 is 14.8 Å². The van der Waals surface area contributed by atoms with Crippen LogP contribution in [0, 0.1) is 5.82 Å². The van der Waals surface area contributed by atoms with Crippen LogP contribution < -0.4 is 14.4 Å². The lowest BCUT2D eigenvalue weighted by atomic mass is 10.3. The van der Waals surface area contributed by atoms with E-state index in [9.17, 15) is 17.6 Å². The molecule has 2 aromatic carbocycles. The normalized spacial score (nSPS) is 14.2. The van der Waals surface area contributed by atoms with Crippen molar-refractivity contribution in [2.24, 2.45) is 0 Å². The highest BCUT2D eigenvalue weighted by molar-refractivity contribution is 7.92. The summed E-state index contributed by atoms with van der Waals surface area (Å²) in [5.41, 5.74) is 0.308. The Bertz CT molecular complexity index is 991. The molecule has 0 aliphatic heterocycles. The second kappa shape index (κ2) is 12.0. The molecule has 1 N–H and O–H groups in total. The summed E-state index contributed by atoms with van der Waals surface area (Å²) in [6, 6.07) is 11.0. The number of carbonyl (C=O) groups is 1. The summed E-state index contributed by atoms with van der Waals surface area (Å²) in [4.78, 5) is 12.5. The molecule has 0 radical (unpaired) electrons. The molecule has 3 rings (SSSR count). The van der Waals surface area contributed by atoms with Gasteiger partial charge in [-0.15, -0.1) is 0 Å². The standard InChI is InChI=1S/C24H31FN2O5S/c1-2-31-22-12-10-20(11-13-22)27(33(29,30)23-14-8-19(25)9-15-23)18-24(28)26-16-5-17-32-21-6-3-4-7-21/h8-15,21H,2-7,16-18H2,1H3,(H,26,28). The predicted molar refractivity (Wildman–Crippen MR) is 124 cm³/mol. The van der Waals surface area contributed by atoms with E-state index in [2.05, 4.69) is 5.32 Å². The summed E-state index contributed by atoms with van der Waals surface area (Å²) in [6.07, 6.45) is 5.54. The molecule has 0 saturated heterocycles. The monoisotopic (exact) mass is 478 g/mol. The molecule has 33 heavy (non-hydrogen) atoms. The second-order valence-corrected chi connectivity index (χ2v) is 9.74. The summed E-state index contributed by atoms with van der Waals surface area (Å²) >= 11 is 0. The fourth-order valence-corrected chi connectivity index (χ4v) is 5.14. The van der Waals surface area contributed by atoms with E-state index < -0.39 is 28.3 Å². The molecule has 1 aliphatic carbocycles. The van der Waals surface area contributed by atoms with Crippen LogP contribution in [0.2, 0.25) is 0 Å². The van der Waals surface area contributed by atoms with E-state index in [-0.39, 0.29) is 4.90 Å². The lowest BCUT2D eigenvalue weighted by Crippen LogP contribution is -2.41. The van der Waals surface area contributed by atoms with Crippen LogP contribution in [0.1, 0.15) is 39.0 Å². The van der Waals surface area contributed by atoms with Gasteiger partial charge in [0.2, 0.25) is 5.91 Å². The summed E-state index contributed by atoms with van der Waals surface area (Å²) < 4.78 is 52.1. The molecule has 7 nitrogen and oxygen atoms in total. The maximum absolute atomic E-state index is 13.3. The third kappa shape index (κ3) is 7.17. The van der Waals surface area contributed by atoms with Gasteiger partial charge in [-0.3, -0.25) is 9.10 Å². The van der Waals surface area contributed by atoms with Crippen molar-refractivity contribution >= 4 is 21.6 Å². The first-order valence-electron chi connectivity index (χ1n) is 11.3. The van der Waals surface area contributed by atoms with Crippen LogP contribution in [0.15, 0.2) is 53.4 Å². The van der Waals surface area contributed by atoms with Crippen LogP contribution in [0.5, 0.6) is 5.75 Å². The van der Waals surface area contributed by atoms with E-state index in [1.165, 1.54) is 25.0 Å². The summed E-state index contributed by atoms with van der Waals surface area (Å²) in [7, 11) is -4.10. The van der Waals surface area contributed by atoms with Gasteiger partial charge in [-0.1, -0.05) is 12.8 Å². The molecule has 0 unspecified atom stereocenters. The zero-order chi connectivity index (χ0) is 23.7. The molecule has 1 saturated carbocycles. The molecule has 0 heterocycles. The third-order valence-electron chi connectivity index (χ3n) is 5.42. The predicted octanol–water partition coefficient (Wildman–Crippen LogP) is 3.89. The molecular formula is C24H31FN2O5S. The lowest BCUT2D eigenvalue weighted by Gasteiger charge is -2.24. The Labute approximate surface area is 194 Å².